The molecule has 4 nitrogen and oxygen atoms in total. The first kappa shape index (κ1) is 10.4. The summed E-state index contributed by atoms with van der Waals surface area (Å²) < 4.78 is 4.91. The van der Waals surface area contributed by atoms with E-state index in [0.29, 0.717) is 11.3 Å². The zero-order valence-electron chi connectivity index (χ0n) is 8.20. The minimum Gasteiger partial charge on any atom is -0.504 e. The lowest BCUT2D eigenvalue weighted by atomic mass is 10.1. The summed E-state index contributed by atoms with van der Waals surface area (Å²) in [6, 6.07) is 3.09. The zero-order chi connectivity index (χ0) is 10.7. The van der Waals surface area contributed by atoms with Gasteiger partial charge in [-0.15, -0.1) is 0 Å². The quantitative estimate of drug-likeness (QED) is 0.709. The van der Waals surface area contributed by atoms with E-state index in [1.165, 1.54) is 20.1 Å². The molecule has 3 N–H and O–H groups in total. The minimum absolute atomic E-state index is 0.0164. The molecule has 1 aromatic carbocycles. The molecule has 0 amide bonds. The summed E-state index contributed by atoms with van der Waals surface area (Å²) in [5.41, 5.74) is 6.70. The van der Waals surface area contributed by atoms with Crippen molar-refractivity contribution in [1.29, 1.82) is 0 Å². The largest absolute Gasteiger partial charge is 0.504 e. The van der Waals surface area contributed by atoms with E-state index < -0.39 is 0 Å². The molecule has 0 bridgehead atoms. The lowest BCUT2D eigenvalue weighted by Crippen LogP contribution is -2.03. The van der Waals surface area contributed by atoms with E-state index in [1.54, 1.807) is 6.07 Å². The van der Waals surface area contributed by atoms with E-state index in [0.717, 1.165) is 0 Å². The van der Waals surface area contributed by atoms with Crippen molar-refractivity contribution >= 4 is 11.5 Å². The number of Topliss-reactive ketones (excluding diaryl/α,β-unsaturated/α-hetero) is 1. The summed E-state index contributed by atoms with van der Waals surface area (Å²) in [7, 11) is 1.42. The molecule has 0 aliphatic heterocycles. The van der Waals surface area contributed by atoms with Crippen LogP contribution in [0.15, 0.2) is 12.1 Å². The number of carbonyl (C=O) groups is 1. The maximum atomic E-state index is 10.9. The fourth-order valence-electron chi connectivity index (χ4n) is 1.27. The van der Waals surface area contributed by atoms with Crippen molar-refractivity contribution in [3.8, 4) is 11.5 Å². The molecule has 0 fully saturated rings. The molecule has 0 radical (unpaired) electrons. The Kier molecular flexibility index (Phi) is 2.96. The van der Waals surface area contributed by atoms with Gasteiger partial charge in [0.25, 0.3) is 0 Å². The van der Waals surface area contributed by atoms with E-state index >= 15 is 0 Å². The van der Waals surface area contributed by atoms with Crippen molar-refractivity contribution in [1.82, 2.24) is 0 Å². The summed E-state index contributed by atoms with van der Waals surface area (Å²) in [6.45, 7) is 1.48. The van der Waals surface area contributed by atoms with Crippen molar-refractivity contribution < 1.29 is 14.6 Å². The number of nitrogen functional groups attached to an aromatic ring is 1. The molecule has 0 aromatic heterocycles. The van der Waals surface area contributed by atoms with Crippen LogP contribution in [0.4, 0.5) is 5.69 Å². The Labute approximate surface area is 82.3 Å². The fourth-order valence-corrected chi connectivity index (χ4v) is 1.27. The third kappa shape index (κ3) is 1.96. The molecular formula is C10H13NO3. The van der Waals surface area contributed by atoms with Crippen molar-refractivity contribution in [2.24, 2.45) is 0 Å². The van der Waals surface area contributed by atoms with Crippen LogP contribution >= 0.6 is 0 Å². The van der Waals surface area contributed by atoms with Gasteiger partial charge >= 0.3 is 0 Å². The topological polar surface area (TPSA) is 72.5 Å². The normalized spacial score (nSPS) is 9.86. The second kappa shape index (κ2) is 4.00. The number of phenolic OH excluding ortho intramolecular Hbond substituents is 1. The maximum Gasteiger partial charge on any atom is 0.183 e. The van der Waals surface area contributed by atoms with Gasteiger partial charge in [0.2, 0.25) is 0 Å². The number of nitrogens with two attached hydrogens (primary N) is 1. The lowest BCUT2D eigenvalue weighted by molar-refractivity contribution is -0.116. The predicted molar refractivity (Wildman–Crippen MR) is 53.5 cm³/mol. The molecule has 76 valence electrons. The van der Waals surface area contributed by atoms with Crippen molar-refractivity contribution in [2.75, 3.05) is 12.8 Å². The molecule has 1 rings (SSSR count). The van der Waals surface area contributed by atoms with Crippen molar-refractivity contribution in [2.45, 2.75) is 13.3 Å². The van der Waals surface area contributed by atoms with Gasteiger partial charge in [-0.3, -0.25) is 4.79 Å². The highest BCUT2D eigenvalue weighted by molar-refractivity contribution is 5.81. The summed E-state index contributed by atoms with van der Waals surface area (Å²) in [6.07, 6.45) is 0.252. The molecule has 0 aliphatic rings. The summed E-state index contributed by atoms with van der Waals surface area (Å²) >= 11 is 0. The van der Waals surface area contributed by atoms with Gasteiger partial charge in [-0.25, -0.2) is 0 Å². The molecule has 0 atom stereocenters. The Hall–Kier alpha value is -1.71. The maximum absolute atomic E-state index is 10.9. The van der Waals surface area contributed by atoms with Crippen LogP contribution in [-0.4, -0.2) is 18.0 Å². The van der Waals surface area contributed by atoms with E-state index in [4.69, 9.17) is 10.5 Å². The summed E-state index contributed by atoms with van der Waals surface area (Å²) in [4.78, 5) is 10.9. The predicted octanol–water partition coefficient (Wildman–Crippen LogP) is 1.11. The molecule has 0 unspecified atom stereocenters. The Bertz CT molecular complexity index is 361. The molecule has 0 saturated heterocycles. The standard InChI is InChI=1S/C10H13NO3/c1-6(12)5-7-3-4-8(13)10(14-2)9(7)11/h3-4,13H,5,11H2,1-2H3. The molecule has 0 heterocycles. The number of benzene rings is 1. The van der Waals surface area contributed by atoms with Gasteiger partial charge in [0.15, 0.2) is 11.5 Å². The number of rotatable bonds is 3. The monoisotopic (exact) mass is 195 g/mol. The van der Waals surface area contributed by atoms with Gasteiger partial charge in [-0.1, -0.05) is 6.07 Å². The molecule has 14 heavy (non-hydrogen) atoms. The van der Waals surface area contributed by atoms with Crippen LogP contribution < -0.4 is 10.5 Å². The molecule has 0 saturated carbocycles. The number of ketones is 1. The van der Waals surface area contributed by atoms with E-state index in [2.05, 4.69) is 0 Å². The highest BCUT2D eigenvalue weighted by Crippen LogP contribution is 2.34. The third-order valence-electron chi connectivity index (χ3n) is 1.91. The Morgan fingerprint density at radius 1 is 1.57 bits per heavy atom. The zero-order valence-corrected chi connectivity index (χ0v) is 8.20. The smallest absolute Gasteiger partial charge is 0.183 e. The second-order valence-corrected chi connectivity index (χ2v) is 3.07. The second-order valence-electron chi connectivity index (χ2n) is 3.07. The number of methoxy groups -OCH3 is 1. The molecule has 1 aromatic rings. The van der Waals surface area contributed by atoms with Gasteiger partial charge < -0.3 is 15.6 Å². The number of anilines is 1. The SMILES string of the molecule is COc1c(O)ccc(CC(C)=O)c1N. The van der Waals surface area contributed by atoms with Crippen LogP contribution in [0, 0.1) is 0 Å². The molecule has 4 heteroatoms. The molecule has 0 aliphatic carbocycles. The lowest BCUT2D eigenvalue weighted by Gasteiger charge is -2.10. The Morgan fingerprint density at radius 3 is 2.71 bits per heavy atom. The average molecular weight is 195 g/mol. The Morgan fingerprint density at radius 2 is 2.21 bits per heavy atom. The van der Waals surface area contributed by atoms with Gasteiger partial charge in [0, 0.05) is 6.42 Å². The van der Waals surface area contributed by atoms with Gasteiger partial charge in [0.05, 0.1) is 12.8 Å². The number of ether oxygens (including phenoxy) is 1. The molecular weight excluding hydrogens is 182 g/mol. The first-order valence-corrected chi connectivity index (χ1v) is 4.20. The van der Waals surface area contributed by atoms with Crippen molar-refractivity contribution in [3.05, 3.63) is 17.7 Å². The average Bonchev–Trinajstić information content (AvgIpc) is 2.10. The number of hydrogen-bond acceptors (Lipinski definition) is 4. The van der Waals surface area contributed by atoms with Crippen LogP contribution in [0.25, 0.3) is 0 Å². The highest BCUT2D eigenvalue weighted by atomic mass is 16.5. The van der Waals surface area contributed by atoms with Gasteiger partial charge in [0.1, 0.15) is 5.78 Å². The number of carbonyl (C=O) groups excluding carboxylic acids is 1. The highest BCUT2D eigenvalue weighted by Gasteiger charge is 2.11. The number of aromatic hydroxyl groups is 1. The van der Waals surface area contributed by atoms with E-state index in [9.17, 15) is 9.90 Å². The summed E-state index contributed by atoms with van der Waals surface area (Å²) in [5.74, 6) is 0.227. The first-order chi connectivity index (χ1) is 6.56. The van der Waals surface area contributed by atoms with Crippen LogP contribution in [0.5, 0.6) is 11.5 Å². The van der Waals surface area contributed by atoms with Crippen LogP contribution in [0.2, 0.25) is 0 Å². The van der Waals surface area contributed by atoms with Gasteiger partial charge in [-0.05, 0) is 18.6 Å². The van der Waals surface area contributed by atoms with Crippen molar-refractivity contribution in [3.63, 3.8) is 0 Å². The van der Waals surface area contributed by atoms with E-state index in [1.807, 2.05) is 0 Å². The third-order valence-corrected chi connectivity index (χ3v) is 1.91. The first-order valence-electron chi connectivity index (χ1n) is 4.20. The minimum atomic E-state index is -0.0164. The van der Waals surface area contributed by atoms with Gasteiger partial charge in [-0.2, -0.15) is 0 Å². The Balaban J connectivity index is 3.14. The van der Waals surface area contributed by atoms with E-state index in [-0.39, 0.29) is 23.7 Å². The van der Waals surface area contributed by atoms with Crippen LogP contribution in [0.1, 0.15) is 12.5 Å². The summed E-state index contributed by atoms with van der Waals surface area (Å²) in [5, 5.41) is 9.36. The number of phenols is 1. The van der Waals surface area contributed by atoms with Crippen LogP contribution in [-0.2, 0) is 11.2 Å². The number of hydrogen-bond donors (Lipinski definition) is 2. The fraction of sp³-hybridized carbons (Fsp3) is 0.300. The van der Waals surface area contributed by atoms with Crippen LogP contribution in [0.3, 0.4) is 0 Å². The molecule has 0 spiro atoms.